The van der Waals surface area contributed by atoms with Crippen molar-refractivity contribution in [2.24, 2.45) is 5.92 Å². The van der Waals surface area contributed by atoms with Crippen LogP contribution in [0.25, 0.3) is 0 Å². The Balaban J connectivity index is 2.52. The number of benzene rings is 1. The number of nitrogen functional groups attached to an aromatic ring is 1. The maximum absolute atomic E-state index is 12.8. The summed E-state index contributed by atoms with van der Waals surface area (Å²) < 4.78 is 27.8. The van der Waals surface area contributed by atoms with Crippen molar-refractivity contribution in [2.75, 3.05) is 12.3 Å². The first-order chi connectivity index (χ1) is 8.73. The van der Waals surface area contributed by atoms with Crippen molar-refractivity contribution in [3.05, 3.63) is 22.2 Å². The van der Waals surface area contributed by atoms with Gasteiger partial charge in [0.25, 0.3) is 0 Å². The van der Waals surface area contributed by atoms with Gasteiger partial charge in [0, 0.05) is 22.7 Å². The van der Waals surface area contributed by atoms with Gasteiger partial charge in [0.1, 0.15) is 0 Å². The van der Waals surface area contributed by atoms with Gasteiger partial charge in [0.2, 0.25) is 10.0 Å². The van der Waals surface area contributed by atoms with Gasteiger partial charge in [-0.2, -0.15) is 4.31 Å². The van der Waals surface area contributed by atoms with Crippen LogP contribution in [0.4, 0.5) is 5.69 Å². The first-order valence-corrected chi connectivity index (χ1v) is 8.54. The molecule has 0 amide bonds. The Labute approximate surface area is 123 Å². The van der Waals surface area contributed by atoms with Gasteiger partial charge in [-0.25, -0.2) is 8.42 Å². The topological polar surface area (TPSA) is 63.4 Å². The Bertz CT molecular complexity index is 601. The second-order valence-electron chi connectivity index (χ2n) is 5.38. The molecule has 0 spiro atoms. The highest BCUT2D eigenvalue weighted by molar-refractivity contribution is 9.10. The molecule has 2 N–H and O–H groups in total. The molecular weight excluding hydrogens is 328 g/mol. The van der Waals surface area contributed by atoms with Gasteiger partial charge in [-0.05, 0) is 43.9 Å². The van der Waals surface area contributed by atoms with Crippen LogP contribution in [-0.4, -0.2) is 25.3 Å². The Morgan fingerprint density at radius 3 is 2.53 bits per heavy atom. The molecule has 2 atom stereocenters. The molecule has 1 fully saturated rings. The molecule has 106 valence electrons. The van der Waals surface area contributed by atoms with Crippen molar-refractivity contribution in [1.82, 2.24) is 4.31 Å². The highest BCUT2D eigenvalue weighted by atomic mass is 79.9. The average molecular weight is 347 g/mol. The van der Waals surface area contributed by atoms with E-state index in [1.807, 2.05) is 6.92 Å². The molecule has 0 saturated carbocycles. The van der Waals surface area contributed by atoms with Crippen molar-refractivity contribution in [3.63, 3.8) is 0 Å². The number of nitrogens with two attached hydrogens (primary N) is 1. The summed E-state index contributed by atoms with van der Waals surface area (Å²) in [7, 11) is -3.47. The highest BCUT2D eigenvalue weighted by Crippen LogP contribution is 2.33. The Kier molecular flexibility index (Phi) is 3.95. The summed E-state index contributed by atoms with van der Waals surface area (Å²) in [5.41, 5.74) is 6.98. The third kappa shape index (κ3) is 2.66. The second-order valence-corrected chi connectivity index (χ2v) is 8.16. The molecule has 0 aliphatic carbocycles. The van der Waals surface area contributed by atoms with E-state index >= 15 is 0 Å². The van der Waals surface area contributed by atoms with Crippen molar-refractivity contribution >= 4 is 31.6 Å². The molecule has 0 radical (unpaired) electrons. The van der Waals surface area contributed by atoms with E-state index in [4.69, 9.17) is 5.73 Å². The number of nitrogens with zero attached hydrogens (tertiary/aromatic N) is 1. The molecule has 2 unspecified atom stereocenters. The Hall–Kier alpha value is -0.590. The van der Waals surface area contributed by atoms with Crippen LogP contribution in [0.3, 0.4) is 0 Å². The van der Waals surface area contributed by atoms with Gasteiger partial charge in [0.15, 0.2) is 0 Å². The minimum atomic E-state index is -3.47. The number of hydrogen-bond acceptors (Lipinski definition) is 3. The monoisotopic (exact) mass is 346 g/mol. The second kappa shape index (κ2) is 5.07. The van der Waals surface area contributed by atoms with E-state index in [0.717, 1.165) is 6.42 Å². The first kappa shape index (κ1) is 14.8. The summed E-state index contributed by atoms with van der Waals surface area (Å²) in [6.07, 6.45) is 0.905. The van der Waals surface area contributed by atoms with Crippen molar-refractivity contribution in [1.29, 1.82) is 0 Å². The zero-order chi connectivity index (χ0) is 14.4. The fourth-order valence-electron chi connectivity index (χ4n) is 2.67. The molecule has 0 aromatic heterocycles. The molecule has 4 nitrogen and oxygen atoms in total. The van der Waals surface area contributed by atoms with Crippen molar-refractivity contribution in [3.8, 4) is 0 Å². The lowest BCUT2D eigenvalue weighted by Gasteiger charge is -2.22. The van der Waals surface area contributed by atoms with Gasteiger partial charge in [0.05, 0.1) is 4.90 Å². The quantitative estimate of drug-likeness (QED) is 0.837. The number of rotatable bonds is 2. The van der Waals surface area contributed by atoms with Crippen molar-refractivity contribution in [2.45, 2.75) is 38.1 Å². The summed E-state index contributed by atoms with van der Waals surface area (Å²) in [5, 5.41) is 0. The van der Waals surface area contributed by atoms with E-state index in [9.17, 15) is 8.42 Å². The minimum Gasteiger partial charge on any atom is -0.398 e. The molecular formula is C13H19BrN2O2S. The molecule has 1 heterocycles. The molecule has 0 bridgehead atoms. The van der Waals surface area contributed by atoms with E-state index in [-0.39, 0.29) is 6.04 Å². The van der Waals surface area contributed by atoms with Gasteiger partial charge in [-0.15, -0.1) is 0 Å². The lowest BCUT2D eigenvalue weighted by molar-refractivity contribution is 0.405. The summed E-state index contributed by atoms with van der Waals surface area (Å²) in [4.78, 5) is 0.306. The van der Waals surface area contributed by atoms with Crippen LogP contribution in [0, 0.1) is 12.8 Å². The zero-order valence-corrected chi connectivity index (χ0v) is 13.8. The number of anilines is 1. The Morgan fingerprint density at radius 2 is 2.00 bits per heavy atom. The summed E-state index contributed by atoms with van der Waals surface area (Å²) in [5.74, 6) is 0.398. The SMILES string of the molecule is Cc1c(N)cc(Br)cc1S(=O)(=O)N1CC(C)CC1C. The minimum absolute atomic E-state index is 0.0413. The fraction of sp³-hybridized carbons (Fsp3) is 0.538. The van der Waals surface area contributed by atoms with Gasteiger partial charge in [-0.1, -0.05) is 22.9 Å². The predicted octanol–water partition coefficient (Wildman–Crippen LogP) is 2.76. The van der Waals surface area contributed by atoms with Crippen LogP contribution >= 0.6 is 15.9 Å². The Morgan fingerprint density at radius 1 is 1.37 bits per heavy atom. The van der Waals surface area contributed by atoms with Crippen LogP contribution in [0.5, 0.6) is 0 Å². The zero-order valence-electron chi connectivity index (χ0n) is 11.4. The van der Waals surface area contributed by atoms with E-state index < -0.39 is 10.0 Å². The molecule has 1 aromatic rings. The lowest BCUT2D eigenvalue weighted by atomic mass is 10.1. The smallest absolute Gasteiger partial charge is 0.243 e. The van der Waals surface area contributed by atoms with E-state index in [1.165, 1.54) is 0 Å². The summed E-state index contributed by atoms with van der Waals surface area (Å²) in [6, 6.07) is 3.40. The molecule has 1 aromatic carbocycles. The van der Waals surface area contributed by atoms with Gasteiger partial charge in [-0.3, -0.25) is 0 Å². The lowest BCUT2D eigenvalue weighted by Crippen LogP contribution is -2.34. The number of hydrogen-bond donors (Lipinski definition) is 1. The number of halogens is 1. The third-order valence-corrected chi connectivity index (χ3v) is 6.24. The van der Waals surface area contributed by atoms with Crippen LogP contribution in [-0.2, 0) is 10.0 Å². The molecule has 1 aliphatic rings. The van der Waals surface area contributed by atoms with Crippen molar-refractivity contribution < 1.29 is 8.42 Å². The normalized spacial score (nSPS) is 24.8. The van der Waals surface area contributed by atoms with Gasteiger partial charge >= 0.3 is 0 Å². The fourth-order valence-corrected chi connectivity index (χ4v) is 5.34. The number of sulfonamides is 1. The van der Waals surface area contributed by atoms with Gasteiger partial charge < -0.3 is 5.73 Å². The maximum Gasteiger partial charge on any atom is 0.243 e. The average Bonchev–Trinajstić information content (AvgIpc) is 2.63. The molecule has 2 rings (SSSR count). The van der Waals surface area contributed by atoms with Crippen LogP contribution in [0.15, 0.2) is 21.5 Å². The molecule has 6 heteroatoms. The van der Waals surface area contributed by atoms with E-state index in [1.54, 1.807) is 23.4 Å². The first-order valence-electron chi connectivity index (χ1n) is 6.31. The van der Waals surface area contributed by atoms with E-state index in [2.05, 4.69) is 22.9 Å². The largest absolute Gasteiger partial charge is 0.398 e. The summed E-state index contributed by atoms with van der Waals surface area (Å²) >= 11 is 3.31. The predicted molar refractivity (Wildman–Crippen MR) is 80.4 cm³/mol. The molecule has 19 heavy (non-hydrogen) atoms. The summed E-state index contributed by atoms with van der Waals surface area (Å²) in [6.45, 7) is 6.36. The van der Waals surface area contributed by atoms with Crippen LogP contribution < -0.4 is 5.73 Å². The van der Waals surface area contributed by atoms with Crippen LogP contribution in [0.2, 0.25) is 0 Å². The molecule has 1 saturated heterocycles. The standard InChI is InChI=1S/C13H19BrN2O2S/c1-8-4-9(2)16(7-8)19(17,18)13-6-11(14)5-12(15)10(13)3/h5-6,8-9H,4,7,15H2,1-3H3. The maximum atomic E-state index is 12.8. The van der Waals surface area contributed by atoms with E-state index in [0.29, 0.717) is 33.1 Å². The molecule has 1 aliphatic heterocycles. The van der Waals surface area contributed by atoms with Crippen LogP contribution in [0.1, 0.15) is 25.8 Å². The third-order valence-electron chi connectivity index (χ3n) is 3.68. The highest BCUT2D eigenvalue weighted by Gasteiger charge is 2.37.